The van der Waals surface area contributed by atoms with Crippen LogP contribution in [0.3, 0.4) is 0 Å². The van der Waals surface area contributed by atoms with Crippen molar-refractivity contribution in [2.24, 2.45) is 17.6 Å². The summed E-state index contributed by atoms with van der Waals surface area (Å²) in [4.78, 5) is 33.3. The molecule has 0 spiro atoms. The number of nitrogens with two attached hydrogens (primary N) is 1. The van der Waals surface area contributed by atoms with Crippen molar-refractivity contribution < 1.29 is 14.3 Å². The SMILES string of the molecule is CCOC(=O)Cc1ccc2[nH]c([C@H](Cc3ccccc3)NC(=O)[C@H]3CC[C@H](CN)CC3)nc2c1. The molecule has 1 aliphatic rings. The third-order valence-electron chi connectivity index (χ3n) is 6.70. The van der Waals surface area contributed by atoms with Crippen LogP contribution in [0.15, 0.2) is 48.5 Å². The molecular weight excluding hydrogens is 428 g/mol. The number of carbonyl (C=O) groups excluding carboxylic acids is 2. The van der Waals surface area contributed by atoms with Crippen molar-refractivity contribution in [1.82, 2.24) is 15.3 Å². The van der Waals surface area contributed by atoms with Crippen LogP contribution in [0.5, 0.6) is 0 Å². The number of H-pyrrole nitrogens is 1. The predicted molar refractivity (Wildman–Crippen MR) is 132 cm³/mol. The molecular formula is C27H34N4O3. The highest BCUT2D eigenvalue weighted by Crippen LogP contribution is 2.29. The van der Waals surface area contributed by atoms with Gasteiger partial charge in [-0.25, -0.2) is 4.98 Å². The van der Waals surface area contributed by atoms with Gasteiger partial charge in [-0.15, -0.1) is 0 Å². The van der Waals surface area contributed by atoms with Crippen molar-refractivity contribution in [3.05, 3.63) is 65.5 Å². The Hall–Kier alpha value is -3.19. The zero-order valence-electron chi connectivity index (χ0n) is 19.8. The molecule has 2 aromatic carbocycles. The lowest BCUT2D eigenvalue weighted by molar-refractivity contribution is -0.142. The highest BCUT2D eigenvalue weighted by molar-refractivity contribution is 5.81. The molecule has 0 radical (unpaired) electrons. The van der Waals surface area contributed by atoms with Gasteiger partial charge < -0.3 is 20.8 Å². The number of aromatic nitrogens is 2. The molecule has 1 fully saturated rings. The molecule has 1 saturated carbocycles. The van der Waals surface area contributed by atoms with E-state index < -0.39 is 0 Å². The summed E-state index contributed by atoms with van der Waals surface area (Å²) in [6, 6.07) is 15.6. The first-order valence-electron chi connectivity index (χ1n) is 12.2. The molecule has 0 aliphatic heterocycles. The first-order valence-corrected chi connectivity index (χ1v) is 12.2. The van der Waals surface area contributed by atoms with E-state index in [1.807, 2.05) is 36.4 Å². The molecule has 34 heavy (non-hydrogen) atoms. The first-order chi connectivity index (χ1) is 16.6. The molecule has 1 atom stereocenters. The minimum atomic E-state index is -0.275. The number of amides is 1. The zero-order chi connectivity index (χ0) is 23.9. The Bertz CT molecular complexity index is 1100. The highest BCUT2D eigenvalue weighted by Gasteiger charge is 2.28. The average molecular weight is 463 g/mol. The molecule has 7 heteroatoms. The molecule has 0 saturated heterocycles. The number of imidazole rings is 1. The lowest BCUT2D eigenvalue weighted by atomic mass is 9.81. The van der Waals surface area contributed by atoms with E-state index >= 15 is 0 Å². The number of nitrogens with one attached hydrogen (secondary N) is 2. The zero-order valence-corrected chi connectivity index (χ0v) is 19.8. The fraction of sp³-hybridized carbons (Fsp3) is 0.444. The lowest BCUT2D eigenvalue weighted by Crippen LogP contribution is -2.37. The van der Waals surface area contributed by atoms with Gasteiger partial charge in [-0.1, -0.05) is 36.4 Å². The number of benzene rings is 2. The number of esters is 1. The van der Waals surface area contributed by atoms with Crippen LogP contribution in [-0.2, 0) is 27.2 Å². The van der Waals surface area contributed by atoms with Gasteiger partial charge in [0.05, 0.1) is 30.1 Å². The Labute approximate surface area is 200 Å². The van der Waals surface area contributed by atoms with Gasteiger partial charge in [0.1, 0.15) is 5.82 Å². The summed E-state index contributed by atoms with van der Waals surface area (Å²) < 4.78 is 5.06. The molecule has 1 aliphatic carbocycles. The number of rotatable bonds is 9. The Morgan fingerprint density at radius 2 is 1.88 bits per heavy atom. The van der Waals surface area contributed by atoms with E-state index in [2.05, 4.69) is 22.4 Å². The van der Waals surface area contributed by atoms with Crippen molar-refractivity contribution in [1.29, 1.82) is 0 Å². The topological polar surface area (TPSA) is 110 Å². The quantitative estimate of drug-likeness (QED) is 0.419. The third-order valence-corrected chi connectivity index (χ3v) is 6.70. The number of hydrogen-bond acceptors (Lipinski definition) is 5. The highest BCUT2D eigenvalue weighted by atomic mass is 16.5. The predicted octanol–water partition coefficient (Wildman–Crippen LogP) is 3.83. The summed E-state index contributed by atoms with van der Waals surface area (Å²) in [6.45, 7) is 2.86. The van der Waals surface area contributed by atoms with E-state index in [-0.39, 0.29) is 30.3 Å². The fourth-order valence-corrected chi connectivity index (χ4v) is 4.74. The normalized spacial score (nSPS) is 19.0. The van der Waals surface area contributed by atoms with Crippen LogP contribution >= 0.6 is 0 Å². The standard InChI is InChI=1S/C27H34N4O3/c1-2-34-25(32)16-20-10-13-22-23(15-20)30-26(29-22)24(14-18-6-4-3-5-7-18)31-27(33)21-11-8-19(17-28)9-12-21/h3-7,10,13,15,19,21,24H,2,8-9,11-12,14,16-17,28H2,1H3,(H,29,30)(H,31,33)/t19-,21-,24-/m0/s1. The second kappa shape index (κ2) is 11.3. The van der Waals surface area contributed by atoms with Gasteiger partial charge in [0.2, 0.25) is 5.91 Å². The summed E-state index contributed by atoms with van der Waals surface area (Å²) in [5, 5.41) is 3.27. The van der Waals surface area contributed by atoms with Crippen molar-refractivity contribution in [3.63, 3.8) is 0 Å². The largest absolute Gasteiger partial charge is 0.466 e. The molecule has 180 valence electrons. The van der Waals surface area contributed by atoms with Crippen LogP contribution in [0, 0.1) is 11.8 Å². The van der Waals surface area contributed by atoms with Gasteiger partial charge >= 0.3 is 5.97 Å². The van der Waals surface area contributed by atoms with Crippen LogP contribution in [0.2, 0.25) is 0 Å². The van der Waals surface area contributed by atoms with Crippen molar-refractivity contribution in [3.8, 4) is 0 Å². The second-order valence-corrected chi connectivity index (χ2v) is 9.16. The summed E-state index contributed by atoms with van der Waals surface area (Å²) in [6.07, 6.45) is 4.62. The van der Waals surface area contributed by atoms with Crippen LogP contribution in [-0.4, -0.2) is 35.0 Å². The minimum Gasteiger partial charge on any atom is -0.466 e. The molecule has 0 bridgehead atoms. The Kier molecular flexibility index (Phi) is 7.95. The molecule has 0 unspecified atom stereocenters. The number of aromatic amines is 1. The lowest BCUT2D eigenvalue weighted by Gasteiger charge is -2.28. The number of hydrogen-bond donors (Lipinski definition) is 3. The Balaban J connectivity index is 1.54. The Morgan fingerprint density at radius 3 is 2.59 bits per heavy atom. The first kappa shape index (κ1) is 24.0. The van der Waals surface area contributed by atoms with E-state index in [0.29, 0.717) is 25.5 Å². The van der Waals surface area contributed by atoms with Crippen LogP contribution in [0.25, 0.3) is 11.0 Å². The number of fused-ring (bicyclic) bond motifs is 1. The van der Waals surface area contributed by atoms with E-state index in [1.165, 1.54) is 0 Å². The van der Waals surface area contributed by atoms with Crippen LogP contribution in [0.1, 0.15) is 55.6 Å². The van der Waals surface area contributed by atoms with E-state index in [4.69, 9.17) is 15.5 Å². The van der Waals surface area contributed by atoms with Gasteiger partial charge in [0.15, 0.2) is 0 Å². The number of carbonyl (C=O) groups is 2. The van der Waals surface area contributed by atoms with Gasteiger partial charge in [-0.2, -0.15) is 0 Å². The number of nitrogens with zero attached hydrogens (tertiary/aromatic N) is 1. The summed E-state index contributed by atoms with van der Waals surface area (Å²) in [7, 11) is 0. The summed E-state index contributed by atoms with van der Waals surface area (Å²) in [5.41, 5.74) is 9.44. The van der Waals surface area contributed by atoms with Crippen molar-refractivity contribution in [2.45, 2.75) is 51.5 Å². The van der Waals surface area contributed by atoms with Crippen LogP contribution in [0.4, 0.5) is 0 Å². The molecule has 3 aromatic rings. The maximum atomic E-state index is 13.2. The molecule has 4 rings (SSSR count). The maximum absolute atomic E-state index is 13.2. The molecule has 1 heterocycles. The average Bonchev–Trinajstić information content (AvgIpc) is 3.28. The number of ether oxygens (including phenoxy) is 1. The second-order valence-electron chi connectivity index (χ2n) is 9.16. The Morgan fingerprint density at radius 1 is 1.12 bits per heavy atom. The maximum Gasteiger partial charge on any atom is 0.310 e. The van der Waals surface area contributed by atoms with E-state index in [1.54, 1.807) is 6.92 Å². The monoisotopic (exact) mass is 462 g/mol. The van der Waals surface area contributed by atoms with Gasteiger partial charge in [0.25, 0.3) is 0 Å². The van der Waals surface area contributed by atoms with Gasteiger partial charge in [-0.3, -0.25) is 9.59 Å². The van der Waals surface area contributed by atoms with Crippen LogP contribution < -0.4 is 11.1 Å². The van der Waals surface area contributed by atoms with Crippen molar-refractivity contribution in [2.75, 3.05) is 13.2 Å². The van der Waals surface area contributed by atoms with Crippen molar-refractivity contribution >= 4 is 22.9 Å². The minimum absolute atomic E-state index is 0.0154. The smallest absolute Gasteiger partial charge is 0.310 e. The van der Waals surface area contributed by atoms with E-state index in [9.17, 15) is 9.59 Å². The summed E-state index contributed by atoms with van der Waals surface area (Å²) >= 11 is 0. The summed E-state index contributed by atoms with van der Waals surface area (Å²) in [5.74, 6) is 1.09. The molecule has 4 N–H and O–H groups in total. The van der Waals surface area contributed by atoms with E-state index in [0.717, 1.165) is 53.7 Å². The molecule has 1 amide bonds. The fourth-order valence-electron chi connectivity index (χ4n) is 4.74. The van der Waals surface area contributed by atoms with Gasteiger partial charge in [-0.05, 0) is 74.8 Å². The van der Waals surface area contributed by atoms with Gasteiger partial charge in [0, 0.05) is 5.92 Å². The molecule has 1 aromatic heterocycles. The molecule has 7 nitrogen and oxygen atoms in total. The third kappa shape index (κ3) is 6.03.